The van der Waals surface area contributed by atoms with Gasteiger partial charge in [0.1, 0.15) is 5.82 Å². The van der Waals surface area contributed by atoms with Crippen molar-refractivity contribution in [2.24, 2.45) is 12.0 Å². The van der Waals surface area contributed by atoms with Crippen LogP contribution in [0, 0.1) is 5.82 Å². The molecule has 0 spiro atoms. The van der Waals surface area contributed by atoms with Gasteiger partial charge in [-0.2, -0.15) is 0 Å². The Bertz CT molecular complexity index is 1110. The van der Waals surface area contributed by atoms with Crippen molar-refractivity contribution >= 4 is 5.71 Å². The number of halogens is 1. The average molecular weight is 378 g/mol. The highest BCUT2D eigenvalue weighted by atomic mass is 19.1. The van der Waals surface area contributed by atoms with Crippen LogP contribution in [0.5, 0.6) is 0 Å². The molecule has 1 atom stereocenters. The predicted molar refractivity (Wildman–Crippen MR) is 111 cm³/mol. The molecular formula is C23H23FN2O2. The van der Waals surface area contributed by atoms with E-state index < -0.39 is 0 Å². The van der Waals surface area contributed by atoms with Crippen LogP contribution in [-0.4, -0.2) is 15.8 Å². The SMILES string of the molecule is CCc1ccc2c(c1)-c1cn(C)c(=O)cc1[C@H](C)N=C2c1ccc(F)cc1.O. The lowest BCUT2D eigenvalue weighted by Gasteiger charge is -2.14. The highest BCUT2D eigenvalue weighted by Crippen LogP contribution is 2.37. The molecule has 0 radical (unpaired) electrons. The Morgan fingerprint density at radius 2 is 1.75 bits per heavy atom. The quantitative estimate of drug-likeness (QED) is 0.668. The molecule has 0 aliphatic carbocycles. The van der Waals surface area contributed by atoms with E-state index in [2.05, 4.69) is 25.1 Å². The molecule has 28 heavy (non-hydrogen) atoms. The summed E-state index contributed by atoms with van der Waals surface area (Å²) in [5, 5.41) is 0. The molecule has 4 rings (SSSR count). The van der Waals surface area contributed by atoms with Crippen LogP contribution in [0.15, 0.2) is 64.5 Å². The molecule has 1 aromatic heterocycles. The number of aromatic nitrogens is 1. The van der Waals surface area contributed by atoms with Crippen molar-refractivity contribution in [3.05, 3.63) is 93.2 Å². The van der Waals surface area contributed by atoms with Crippen LogP contribution in [0.3, 0.4) is 0 Å². The van der Waals surface area contributed by atoms with Crippen LogP contribution < -0.4 is 5.56 Å². The van der Waals surface area contributed by atoms with Crippen LogP contribution in [0.1, 0.15) is 42.1 Å². The first-order valence-corrected chi connectivity index (χ1v) is 9.16. The van der Waals surface area contributed by atoms with E-state index in [1.807, 2.05) is 13.1 Å². The lowest BCUT2D eigenvalue weighted by atomic mass is 9.90. The van der Waals surface area contributed by atoms with Crippen molar-refractivity contribution < 1.29 is 9.87 Å². The van der Waals surface area contributed by atoms with Gasteiger partial charge in [-0.1, -0.05) is 25.1 Å². The Balaban J connectivity index is 0.00000225. The van der Waals surface area contributed by atoms with Crippen molar-refractivity contribution in [2.75, 3.05) is 0 Å². The third-order valence-corrected chi connectivity index (χ3v) is 5.19. The summed E-state index contributed by atoms with van der Waals surface area (Å²) in [6.45, 7) is 4.12. The zero-order valence-corrected chi connectivity index (χ0v) is 16.2. The van der Waals surface area contributed by atoms with E-state index in [0.29, 0.717) is 0 Å². The van der Waals surface area contributed by atoms with Gasteiger partial charge in [0.25, 0.3) is 5.56 Å². The number of fused-ring (bicyclic) bond motifs is 3. The van der Waals surface area contributed by atoms with Gasteiger partial charge in [0.15, 0.2) is 0 Å². The molecule has 2 N–H and O–H groups in total. The van der Waals surface area contributed by atoms with E-state index in [1.54, 1.807) is 29.8 Å². The fourth-order valence-electron chi connectivity index (χ4n) is 3.63. The number of aliphatic imine (C=N–C) groups is 1. The van der Waals surface area contributed by atoms with Gasteiger partial charge in [-0.25, -0.2) is 4.39 Å². The number of nitrogens with zero attached hydrogens (tertiary/aromatic N) is 2. The molecule has 1 aliphatic rings. The molecule has 0 saturated heterocycles. The monoisotopic (exact) mass is 378 g/mol. The van der Waals surface area contributed by atoms with Gasteiger partial charge < -0.3 is 10.0 Å². The van der Waals surface area contributed by atoms with Gasteiger partial charge in [0.2, 0.25) is 0 Å². The maximum atomic E-state index is 13.4. The van der Waals surface area contributed by atoms with Gasteiger partial charge in [-0.3, -0.25) is 9.79 Å². The van der Waals surface area contributed by atoms with E-state index >= 15 is 0 Å². The summed E-state index contributed by atoms with van der Waals surface area (Å²) >= 11 is 0. The van der Waals surface area contributed by atoms with E-state index in [9.17, 15) is 9.18 Å². The predicted octanol–water partition coefficient (Wildman–Crippen LogP) is 3.84. The minimum absolute atomic E-state index is 0. The maximum absolute atomic E-state index is 13.4. The number of rotatable bonds is 2. The molecule has 1 aliphatic heterocycles. The fourth-order valence-corrected chi connectivity index (χ4v) is 3.63. The third kappa shape index (κ3) is 3.29. The van der Waals surface area contributed by atoms with E-state index in [4.69, 9.17) is 4.99 Å². The van der Waals surface area contributed by atoms with Crippen molar-refractivity contribution in [2.45, 2.75) is 26.3 Å². The Morgan fingerprint density at radius 1 is 1.04 bits per heavy atom. The molecule has 0 fully saturated rings. The first kappa shape index (κ1) is 19.7. The van der Waals surface area contributed by atoms with E-state index in [-0.39, 0.29) is 22.9 Å². The molecule has 144 valence electrons. The van der Waals surface area contributed by atoms with Gasteiger partial charge in [-0.15, -0.1) is 0 Å². The Hall–Kier alpha value is -3.05. The third-order valence-electron chi connectivity index (χ3n) is 5.19. The molecule has 4 nitrogen and oxygen atoms in total. The summed E-state index contributed by atoms with van der Waals surface area (Å²) in [5.41, 5.74) is 6.88. The van der Waals surface area contributed by atoms with Crippen LogP contribution in [-0.2, 0) is 13.5 Å². The molecule has 2 heterocycles. The Kier molecular flexibility index (Phi) is 5.29. The number of pyridine rings is 1. The second-order valence-corrected chi connectivity index (χ2v) is 6.99. The van der Waals surface area contributed by atoms with Crippen LogP contribution in [0.25, 0.3) is 11.1 Å². The topological polar surface area (TPSA) is 65.9 Å². The summed E-state index contributed by atoms with van der Waals surface area (Å²) in [6.07, 6.45) is 2.82. The number of aryl methyl sites for hydroxylation is 2. The number of hydrogen-bond donors (Lipinski definition) is 0. The second kappa shape index (κ2) is 7.52. The lowest BCUT2D eigenvalue weighted by Crippen LogP contribution is -2.17. The highest BCUT2D eigenvalue weighted by Gasteiger charge is 2.23. The van der Waals surface area contributed by atoms with Crippen molar-refractivity contribution in [3.63, 3.8) is 0 Å². The number of benzene rings is 2. The highest BCUT2D eigenvalue weighted by molar-refractivity contribution is 6.17. The van der Waals surface area contributed by atoms with E-state index in [1.165, 1.54) is 17.7 Å². The molecule has 2 aromatic carbocycles. The van der Waals surface area contributed by atoms with Crippen LogP contribution in [0.2, 0.25) is 0 Å². The molecule has 3 aromatic rings. The average Bonchev–Trinajstić information content (AvgIpc) is 2.78. The van der Waals surface area contributed by atoms with Crippen LogP contribution in [0.4, 0.5) is 4.39 Å². The fraction of sp³-hybridized carbons (Fsp3) is 0.217. The van der Waals surface area contributed by atoms with Gasteiger partial charge in [-0.05, 0) is 54.3 Å². The second-order valence-electron chi connectivity index (χ2n) is 6.99. The molecule has 0 unspecified atom stereocenters. The molecule has 0 amide bonds. The zero-order valence-electron chi connectivity index (χ0n) is 16.2. The van der Waals surface area contributed by atoms with Crippen molar-refractivity contribution in [3.8, 4) is 11.1 Å². The van der Waals surface area contributed by atoms with Crippen LogP contribution >= 0.6 is 0 Å². The summed E-state index contributed by atoms with van der Waals surface area (Å²) in [6, 6.07) is 14.3. The minimum atomic E-state index is -0.270. The number of hydrogen-bond acceptors (Lipinski definition) is 2. The normalized spacial score (nSPS) is 15.0. The van der Waals surface area contributed by atoms with Crippen molar-refractivity contribution in [1.82, 2.24) is 4.57 Å². The summed E-state index contributed by atoms with van der Waals surface area (Å²) in [5.74, 6) is -0.270. The first-order valence-electron chi connectivity index (χ1n) is 9.16. The Morgan fingerprint density at radius 3 is 2.43 bits per heavy atom. The minimum Gasteiger partial charge on any atom is -0.412 e. The summed E-state index contributed by atoms with van der Waals surface area (Å²) in [7, 11) is 1.77. The summed E-state index contributed by atoms with van der Waals surface area (Å²) < 4.78 is 15.0. The van der Waals surface area contributed by atoms with Gasteiger partial charge in [0.05, 0.1) is 11.8 Å². The molecular weight excluding hydrogens is 355 g/mol. The first-order chi connectivity index (χ1) is 13.0. The maximum Gasteiger partial charge on any atom is 0.250 e. The summed E-state index contributed by atoms with van der Waals surface area (Å²) in [4.78, 5) is 17.2. The Labute approximate surface area is 163 Å². The molecule has 0 bridgehead atoms. The van der Waals surface area contributed by atoms with Crippen molar-refractivity contribution in [1.29, 1.82) is 0 Å². The smallest absolute Gasteiger partial charge is 0.250 e. The van der Waals surface area contributed by atoms with E-state index in [0.717, 1.165) is 39.9 Å². The molecule has 5 heteroatoms. The largest absolute Gasteiger partial charge is 0.412 e. The standard InChI is InChI=1S/C23H21FN2O.H2O/c1-4-15-5-10-18-20(11-15)21-13-26(3)22(27)12-19(21)14(2)25-23(18)16-6-8-17(24)9-7-16;/h5-14H,4H2,1-3H3;1H2/t14-;/m0./s1. The molecule has 0 saturated carbocycles. The zero-order chi connectivity index (χ0) is 19.1. The van der Waals surface area contributed by atoms with Gasteiger partial charge >= 0.3 is 0 Å². The van der Waals surface area contributed by atoms with Gasteiger partial charge in [0, 0.05) is 36.0 Å². The lowest BCUT2D eigenvalue weighted by molar-refractivity contribution is 0.628.